The van der Waals surface area contributed by atoms with E-state index in [1.54, 1.807) is 0 Å². The highest BCUT2D eigenvalue weighted by molar-refractivity contribution is 6.32. The van der Waals surface area contributed by atoms with Gasteiger partial charge in [-0.25, -0.2) is 0 Å². The molecule has 1 spiro atoms. The maximum atomic E-state index is 6.20. The van der Waals surface area contributed by atoms with Crippen LogP contribution in [0.3, 0.4) is 0 Å². The monoisotopic (exact) mass is 314 g/mol. The van der Waals surface area contributed by atoms with Crippen molar-refractivity contribution in [1.29, 1.82) is 0 Å². The van der Waals surface area contributed by atoms with Crippen LogP contribution in [0, 0.1) is 0 Å². The lowest BCUT2D eigenvalue weighted by Crippen LogP contribution is -2.41. The van der Waals surface area contributed by atoms with Crippen LogP contribution in [0.4, 0.5) is 0 Å². The van der Waals surface area contributed by atoms with Gasteiger partial charge in [0, 0.05) is 23.4 Å². The second kappa shape index (κ2) is 6.13. The number of alkyl halides is 1. The minimum Gasteiger partial charge on any atom is -0.490 e. The van der Waals surface area contributed by atoms with Crippen LogP contribution in [0.1, 0.15) is 44.1 Å². The first kappa shape index (κ1) is 14.5. The summed E-state index contributed by atoms with van der Waals surface area (Å²) < 4.78 is 12.2. The van der Waals surface area contributed by atoms with E-state index >= 15 is 0 Å². The van der Waals surface area contributed by atoms with E-state index < -0.39 is 0 Å². The molecule has 2 fully saturated rings. The topological polar surface area (TPSA) is 18.5 Å². The molecule has 0 N–H and O–H groups in total. The zero-order valence-electron chi connectivity index (χ0n) is 11.5. The first-order valence-corrected chi connectivity index (χ1v) is 8.28. The van der Waals surface area contributed by atoms with E-state index in [1.165, 1.54) is 25.7 Å². The van der Waals surface area contributed by atoms with Crippen LogP contribution >= 0.6 is 23.2 Å². The molecule has 110 valence electrons. The van der Waals surface area contributed by atoms with Gasteiger partial charge in [0.05, 0.1) is 18.1 Å². The van der Waals surface area contributed by atoms with Crippen LogP contribution in [-0.4, -0.2) is 18.3 Å². The van der Waals surface area contributed by atoms with Crippen LogP contribution in [0.15, 0.2) is 18.2 Å². The average Bonchev–Trinajstić information content (AvgIpc) is 2.87. The van der Waals surface area contributed by atoms with Crippen molar-refractivity contribution in [2.24, 2.45) is 0 Å². The van der Waals surface area contributed by atoms with E-state index in [0.717, 1.165) is 30.8 Å². The molecule has 4 heteroatoms. The molecule has 1 heterocycles. The number of benzene rings is 1. The average molecular weight is 315 g/mol. The maximum absolute atomic E-state index is 6.20. The lowest BCUT2D eigenvalue weighted by molar-refractivity contribution is -0.108. The van der Waals surface area contributed by atoms with Gasteiger partial charge in [0.25, 0.3) is 0 Å². The van der Waals surface area contributed by atoms with Gasteiger partial charge in [-0.2, -0.15) is 0 Å². The highest BCUT2D eigenvalue weighted by Gasteiger charge is 2.40. The SMILES string of the molecule is ClCc1c(Cl)cccc1OC1CCOC2(CCCC2)C1. The summed E-state index contributed by atoms with van der Waals surface area (Å²) in [5, 5.41) is 0.681. The molecule has 1 saturated carbocycles. The van der Waals surface area contributed by atoms with Crippen molar-refractivity contribution in [1.82, 2.24) is 0 Å². The summed E-state index contributed by atoms with van der Waals surface area (Å²) in [6, 6.07) is 5.73. The van der Waals surface area contributed by atoms with Gasteiger partial charge in [0.2, 0.25) is 0 Å². The van der Waals surface area contributed by atoms with Crippen LogP contribution in [0.25, 0.3) is 0 Å². The molecule has 1 atom stereocenters. The standard InChI is InChI=1S/C16H20Cl2O2/c17-11-13-14(18)4-3-5-15(13)20-12-6-9-19-16(10-12)7-1-2-8-16/h3-5,12H,1-2,6-11H2. The molecule has 3 rings (SSSR count). The van der Waals surface area contributed by atoms with Gasteiger partial charge in [-0.15, -0.1) is 11.6 Å². The van der Waals surface area contributed by atoms with Crippen LogP contribution < -0.4 is 4.74 Å². The molecule has 1 aliphatic carbocycles. The Morgan fingerprint density at radius 2 is 2.10 bits per heavy atom. The quantitative estimate of drug-likeness (QED) is 0.735. The summed E-state index contributed by atoms with van der Waals surface area (Å²) in [6.07, 6.45) is 7.03. The number of halogens is 2. The van der Waals surface area contributed by atoms with Crippen molar-refractivity contribution in [3.05, 3.63) is 28.8 Å². The van der Waals surface area contributed by atoms with Crippen molar-refractivity contribution in [2.75, 3.05) is 6.61 Å². The van der Waals surface area contributed by atoms with Crippen molar-refractivity contribution in [2.45, 2.75) is 56.1 Å². The number of ether oxygens (including phenoxy) is 2. The largest absolute Gasteiger partial charge is 0.490 e. The second-order valence-corrected chi connectivity index (χ2v) is 6.50. The summed E-state index contributed by atoms with van der Waals surface area (Å²) >= 11 is 12.2. The first-order valence-electron chi connectivity index (χ1n) is 7.36. The number of hydrogen-bond donors (Lipinski definition) is 0. The van der Waals surface area contributed by atoms with Crippen molar-refractivity contribution in [3.63, 3.8) is 0 Å². The summed E-state index contributed by atoms with van der Waals surface area (Å²) in [7, 11) is 0. The highest BCUT2D eigenvalue weighted by Crippen LogP contribution is 2.41. The molecule has 20 heavy (non-hydrogen) atoms. The van der Waals surface area contributed by atoms with Gasteiger partial charge in [-0.3, -0.25) is 0 Å². The van der Waals surface area contributed by atoms with Gasteiger partial charge in [0.15, 0.2) is 0 Å². The summed E-state index contributed by atoms with van der Waals surface area (Å²) in [5.41, 5.74) is 0.964. The van der Waals surface area contributed by atoms with Crippen molar-refractivity contribution < 1.29 is 9.47 Å². The third kappa shape index (κ3) is 2.93. The second-order valence-electron chi connectivity index (χ2n) is 5.82. The van der Waals surface area contributed by atoms with Crippen LogP contribution in [0.2, 0.25) is 5.02 Å². The molecular weight excluding hydrogens is 295 g/mol. The van der Waals surface area contributed by atoms with E-state index in [2.05, 4.69) is 0 Å². The Hall–Kier alpha value is -0.440. The Bertz CT molecular complexity index is 470. The molecule has 1 aliphatic heterocycles. The Morgan fingerprint density at radius 3 is 2.85 bits per heavy atom. The Morgan fingerprint density at radius 1 is 1.30 bits per heavy atom. The summed E-state index contributed by atoms with van der Waals surface area (Å²) in [6.45, 7) is 0.793. The fourth-order valence-corrected chi connectivity index (χ4v) is 3.99. The first-order chi connectivity index (χ1) is 9.72. The van der Waals surface area contributed by atoms with Gasteiger partial charge < -0.3 is 9.47 Å². The Labute approximate surface area is 130 Å². The Kier molecular flexibility index (Phi) is 4.44. The number of hydrogen-bond acceptors (Lipinski definition) is 2. The van der Waals surface area contributed by atoms with E-state index in [0.29, 0.717) is 10.9 Å². The van der Waals surface area contributed by atoms with Crippen LogP contribution in [0.5, 0.6) is 5.75 Å². The minimum absolute atomic E-state index is 0.0720. The molecule has 0 amide bonds. The summed E-state index contributed by atoms with van der Waals surface area (Å²) in [5.74, 6) is 1.20. The predicted molar refractivity (Wildman–Crippen MR) is 81.8 cm³/mol. The molecule has 2 aliphatic rings. The fraction of sp³-hybridized carbons (Fsp3) is 0.625. The molecule has 0 bridgehead atoms. The third-order valence-electron chi connectivity index (χ3n) is 4.47. The fourth-order valence-electron chi connectivity index (χ4n) is 3.41. The highest BCUT2D eigenvalue weighted by atomic mass is 35.5. The van der Waals surface area contributed by atoms with E-state index in [1.807, 2.05) is 18.2 Å². The van der Waals surface area contributed by atoms with Crippen molar-refractivity contribution >= 4 is 23.2 Å². The Balaban J connectivity index is 1.73. The van der Waals surface area contributed by atoms with Gasteiger partial charge in [-0.05, 0) is 25.0 Å². The normalized spacial score (nSPS) is 25.0. The number of rotatable bonds is 3. The summed E-state index contributed by atoms with van der Waals surface area (Å²) in [4.78, 5) is 0. The van der Waals surface area contributed by atoms with E-state index in [4.69, 9.17) is 32.7 Å². The van der Waals surface area contributed by atoms with Crippen molar-refractivity contribution in [3.8, 4) is 5.75 Å². The smallest absolute Gasteiger partial charge is 0.125 e. The minimum atomic E-state index is 0.0720. The molecular formula is C16H20Cl2O2. The van der Waals surface area contributed by atoms with Crippen LogP contribution in [-0.2, 0) is 10.6 Å². The van der Waals surface area contributed by atoms with E-state index in [-0.39, 0.29) is 11.7 Å². The van der Waals surface area contributed by atoms with Gasteiger partial charge in [0.1, 0.15) is 11.9 Å². The van der Waals surface area contributed by atoms with E-state index in [9.17, 15) is 0 Å². The molecule has 1 aromatic rings. The molecule has 0 radical (unpaired) electrons. The zero-order valence-corrected chi connectivity index (χ0v) is 13.1. The lowest BCUT2D eigenvalue weighted by Gasteiger charge is -2.38. The third-order valence-corrected chi connectivity index (χ3v) is 5.09. The molecule has 1 aromatic carbocycles. The molecule has 0 aromatic heterocycles. The maximum Gasteiger partial charge on any atom is 0.125 e. The molecule has 1 unspecified atom stereocenters. The van der Waals surface area contributed by atoms with Gasteiger partial charge >= 0.3 is 0 Å². The van der Waals surface area contributed by atoms with Gasteiger partial charge in [-0.1, -0.05) is 30.5 Å². The molecule has 2 nitrogen and oxygen atoms in total. The lowest BCUT2D eigenvalue weighted by atomic mass is 9.90. The molecule has 1 saturated heterocycles. The predicted octanol–water partition coefficient (Wildman–Crippen LogP) is 4.95. The zero-order chi connectivity index (χ0) is 14.0.